The van der Waals surface area contributed by atoms with Crippen LogP contribution in [0, 0.1) is 6.92 Å². The summed E-state index contributed by atoms with van der Waals surface area (Å²) in [6.45, 7) is 4.12. The number of carbonyl (C=O) groups excluding carboxylic acids is 1. The van der Waals surface area contributed by atoms with Gasteiger partial charge in [-0.05, 0) is 42.7 Å². The van der Waals surface area contributed by atoms with Gasteiger partial charge in [0, 0.05) is 11.1 Å². The smallest absolute Gasteiger partial charge is 0.244 e. The Morgan fingerprint density at radius 1 is 1.14 bits per heavy atom. The van der Waals surface area contributed by atoms with Crippen LogP contribution in [0.3, 0.4) is 0 Å². The summed E-state index contributed by atoms with van der Waals surface area (Å²) >= 11 is 5.84. The lowest BCUT2D eigenvalue weighted by Crippen LogP contribution is -2.26. The summed E-state index contributed by atoms with van der Waals surface area (Å²) in [7, 11) is 0. The van der Waals surface area contributed by atoms with Crippen LogP contribution in [0.15, 0.2) is 54.6 Å². The molecule has 0 saturated heterocycles. The first-order chi connectivity index (χ1) is 10.6. The Bertz CT molecular complexity index is 644. The van der Waals surface area contributed by atoms with Gasteiger partial charge in [0.1, 0.15) is 0 Å². The Balaban J connectivity index is 2.00. The number of hydrogen-bond acceptors (Lipinski definition) is 1. The maximum Gasteiger partial charge on any atom is 0.244 e. The Kier molecular flexibility index (Phi) is 5.79. The minimum absolute atomic E-state index is 0.0305. The van der Waals surface area contributed by atoms with Gasteiger partial charge in [-0.1, -0.05) is 60.5 Å². The fraction of sp³-hybridized carbons (Fsp3) is 0.211. The van der Waals surface area contributed by atoms with Crippen LogP contribution >= 0.6 is 11.6 Å². The van der Waals surface area contributed by atoms with Gasteiger partial charge in [-0.15, -0.1) is 0 Å². The second kappa shape index (κ2) is 7.81. The third kappa shape index (κ3) is 4.74. The molecular formula is C19H20ClNO. The summed E-state index contributed by atoms with van der Waals surface area (Å²) < 4.78 is 0. The molecule has 0 spiro atoms. The number of halogens is 1. The normalized spacial score (nSPS) is 12.3. The zero-order valence-corrected chi connectivity index (χ0v) is 13.6. The molecule has 1 amide bonds. The van der Waals surface area contributed by atoms with Crippen LogP contribution in [-0.4, -0.2) is 5.91 Å². The van der Waals surface area contributed by atoms with E-state index in [2.05, 4.69) is 43.4 Å². The number of rotatable bonds is 5. The maximum absolute atomic E-state index is 12.1. The second-order valence-corrected chi connectivity index (χ2v) is 5.70. The van der Waals surface area contributed by atoms with E-state index in [1.54, 1.807) is 24.3 Å². The maximum atomic E-state index is 12.1. The average molecular weight is 314 g/mol. The lowest BCUT2D eigenvalue weighted by molar-refractivity contribution is -0.117. The fourth-order valence-corrected chi connectivity index (χ4v) is 2.31. The highest BCUT2D eigenvalue weighted by Crippen LogP contribution is 2.17. The van der Waals surface area contributed by atoms with Crippen LogP contribution in [0.2, 0.25) is 5.02 Å². The molecule has 0 unspecified atom stereocenters. The number of carbonyl (C=O) groups is 1. The van der Waals surface area contributed by atoms with Crippen molar-refractivity contribution < 1.29 is 4.79 Å². The van der Waals surface area contributed by atoms with Crippen LogP contribution in [0.4, 0.5) is 0 Å². The van der Waals surface area contributed by atoms with Gasteiger partial charge in [-0.2, -0.15) is 0 Å². The topological polar surface area (TPSA) is 29.1 Å². The molecule has 0 radical (unpaired) electrons. The minimum atomic E-state index is -0.0950. The molecule has 22 heavy (non-hydrogen) atoms. The van der Waals surface area contributed by atoms with E-state index < -0.39 is 0 Å². The average Bonchev–Trinajstić information content (AvgIpc) is 2.53. The number of hydrogen-bond donors (Lipinski definition) is 1. The van der Waals surface area contributed by atoms with Crippen molar-refractivity contribution in [2.75, 3.05) is 0 Å². The highest BCUT2D eigenvalue weighted by molar-refractivity contribution is 6.30. The number of aryl methyl sites for hydroxylation is 1. The molecule has 1 N–H and O–H groups in total. The van der Waals surface area contributed by atoms with Crippen molar-refractivity contribution in [3.8, 4) is 0 Å². The molecule has 2 nitrogen and oxygen atoms in total. The van der Waals surface area contributed by atoms with E-state index in [4.69, 9.17) is 11.6 Å². The van der Waals surface area contributed by atoms with Crippen LogP contribution in [0.25, 0.3) is 6.08 Å². The Morgan fingerprint density at radius 3 is 2.36 bits per heavy atom. The van der Waals surface area contributed by atoms with E-state index in [1.807, 2.05) is 12.1 Å². The van der Waals surface area contributed by atoms with Crippen molar-refractivity contribution in [1.82, 2.24) is 5.32 Å². The van der Waals surface area contributed by atoms with E-state index in [-0.39, 0.29) is 11.9 Å². The molecule has 1 atom stereocenters. The van der Waals surface area contributed by atoms with Gasteiger partial charge in [0.05, 0.1) is 6.04 Å². The van der Waals surface area contributed by atoms with Crippen molar-refractivity contribution in [2.45, 2.75) is 26.3 Å². The van der Waals surface area contributed by atoms with Gasteiger partial charge in [-0.3, -0.25) is 4.79 Å². The minimum Gasteiger partial charge on any atom is -0.346 e. The van der Waals surface area contributed by atoms with Crippen LogP contribution in [0.1, 0.15) is 36.1 Å². The Labute approximate surface area is 136 Å². The summed E-state index contributed by atoms with van der Waals surface area (Å²) in [6.07, 6.45) is 4.19. The Hall–Kier alpha value is -2.06. The van der Waals surface area contributed by atoms with Gasteiger partial charge in [0.25, 0.3) is 0 Å². The predicted molar refractivity (Wildman–Crippen MR) is 92.8 cm³/mol. The van der Waals surface area contributed by atoms with Crippen molar-refractivity contribution in [1.29, 1.82) is 0 Å². The zero-order chi connectivity index (χ0) is 15.9. The summed E-state index contributed by atoms with van der Waals surface area (Å²) in [5, 5.41) is 3.72. The number of benzene rings is 2. The number of nitrogens with one attached hydrogen (secondary N) is 1. The highest BCUT2D eigenvalue weighted by atomic mass is 35.5. The lowest BCUT2D eigenvalue weighted by atomic mass is 10.0. The highest BCUT2D eigenvalue weighted by Gasteiger charge is 2.10. The predicted octanol–water partition coefficient (Wildman–Crippen LogP) is 4.93. The van der Waals surface area contributed by atoms with E-state index in [0.717, 1.165) is 17.5 Å². The summed E-state index contributed by atoms with van der Waals surface area (Å²) in [6, 6.07) is 15.6. The van der Waals surface area contributed by atoms with Gasteiger partial charge in [0.2, 0.25) is 5.91 Å². The molecule has 0 saturated carbocycles. The fourth-order valence-electron chi connectivity index (χ4n) is 2.19. The van der Waals surface area contributed by atoms with Gasteiger partial charge >= 0.3 is 0 Å². The molecule has 0 aliphatic rings. The largest absolute Gasteiger partial charge is 0.346 e. The van der Waals surface area contributed by atoms with Crippen molar-refractivity contribution >= 4 is 23.6 Å². The Morgan fingerprint density at radius 2 is 1.77 bits per heavy atom. The molecule has 0 aromatic heterocycles. The third-order valence-corrected chi connectivity index (χ3v) is 3.75. The molecule has 3 heteroatoms. The first-order valence-electron chi connectivity index (χ1n) is 7.39. The lowest BCUT2D eigenvalue weighted by Gasteiger charge is -2.16. The molecule has 0 bridgehead atoms. The van der Waals surface area contributed by atoms with Crippen molar-refractivity contribution in [3.05, 3.63) is 76.3 Å². The van der Waals surface area contributed by atoms with E-state index in [9.17, 15) is 4.79 Å². The standard InChI is InChI=1S/C19H20ClNO/c1-3-18(16-9-4-14(2)5-10-16)21-19(22)13-8-15-6-11-17(20)12-7-15/h4-13,18H,3H2,1-2H3,(H,21,22)/b13-8+/t18-/m0/s1. The zero-order valence-electron chi connectivity index (χ0n) is 12.8. The van der Waals surface area contributed by atoms with Gasteiger partial charge in [0.15, 0.2) is 0 Å². The molecule has 114 valence electrons. The van der Waals surface area contributed by atoms with Crippen LogP contribution in [0.5, 0.6) is 0 Å². The summed E-state index contributed by atoms with van der Waals surface area (Å²) in [4.78, 5) is 12.1. The third-order valence-electron chi connectivity index (χ3n) is 3.50. The van der Waals surface area contributed by atoms with Crippen LogP contribution in [-0.2, 0) is 4.79 Å². The molecule has 0 heterocycles. The summed E-state index contributed by atoms with van der Waals surface area (Å²) in [5.41, 5.74) is 3.29. The first kappa shape index (κ1) is 16.3. The van der Waals surface area contributed by atoms with Crippen molar-refractivity contribution in [3.63, 3.8) is 0 Å². The monoisotopic (exact) mass is 313 g/mol. The second-order valence-electron chi connectivity index (χ2n) is 5.26. The molecule has 2 aromatic carbocycles. The van der Waals surface area contributed by atoms with Crippen molar-refractivity contribution in [2.24, 2.45) is 0 Å². The van der Waals surface area contributed by atoms with Gasteiger partial charge in [-0.25, -0.2) is 0 Å². The molecule has 0 aliphatic heterocycles. The van der Waals surface area contributed by atoms with E-state index >= 15 is 0 Å². The first-order valence-corrected chi connectivity index (χ1v) is 7.77. The quantitative estimate of drug-likeness (QED) is 0.779. The molecular weight excluding hydrogens is 294 g/mol. The van der Waals surface area contributed by atoms with E-state index in [1.165, 1.54) is 5.56 Å². The summed E-state index contributed by atoms with van der Waals surface area (Å²) in [5.74, 6) is -0.0950. The molecule has 2 rings (SSSR count). The molecule has 2 aromatic rings. The SMILES string of the molecule is CC[C@H](NC(=O)/C=C/c1ccc(Cl)cc1)c1ccc(C)cc1. The molecule has 0 fully saturated rings. The van der Waals surface area contributed by atoms with Crippen LogP contribution < -0.4 is 5.32 Å². The molecule has 0 aliphatic carbocycles. The van der Waals surface area contributed by atoms with E-state index in [0.29, 0.717) is 5.02 Å². The van der Waals surface area contributed by atoms with Gasteiger partial charge < -0.3 is 5.32 Å². The number of amides is 1.